The van der Waals surface area contributed by atoms with Gasteiger partial charge in [-0.05, 0) is 42.0 Å². The van der Waals surface area contributed by atoms with Crippen LogP contribution in [0.4, 0.5) is 4.39 Å². The number of H-pyrrole nitrogens is 1. The number of aromatic nitrogens is 1. The summed E-state index contributed by atoms with van der Waals surface area (Å²) in [5.41, 5.74) is 2.05. The molecule has 1 aliphatic rings. The standard InChI is InChI=1S/C22H22FN3O3/c1-29-18-5-6-19-16(13-18)14-20(24-19)22(28)26-9-7-25(8-10-26)21(27)12-15-3-2-4-17(23)11-15/h2-6,11,13-14,24H,7-10,12H2,1H3. The first kappa shape index (κ1) is 19.0. The van der Waals surface area contributed by atoms with E-state index in [0.717, 1.165) is 16.7 Å². The summed E-state index contributed by atoms with van der Waals surface area (Å²) in [7, 11) is 1.61. The highest BCUT2D eigenvalue weighted by molar-refractivity contribution is 5.98. The summed E-state index contributed by atoms with van der Waals surface area (Å²) in [6, 6.07) is 13.5. The van der Waals surface area contributed by atoms with Gasteiger partial charge < -0.3 is 19.5 Å². The maximum Gasteiger partial charge on any atom is 0.270 e. The molecule has 0 aliphatic carbocycles. The molecule has 29 heavy (non-hydrogen) atoms. The molecule has 4 rings (SSSR count). The van der Waals surface area contributed by atoms with Crippen molar-refractivity contribution in [3.63, 3.8) is 0 Å². The van der Waals surface area contributed by atoms with Crippen LogP contribution in [-0.2, 0) is 11.2 Å². The Balaban J connectivity index is 1.37. The number of halogens is 1. The average molecular weight is 395 g/mol. The summed E-state index contributed by atoms with van der Waals surface area (Å²) < 4.78 is 18.5. The van der Waals surface area contributed by atoms with Gasteiger partial charge in [-0.15, -0.1) is 0 Å². The van der Waals surface area contributed by atoms with Crippen LogP contribution < -0.4 is 4.74 Å². The van der Waals surface area contributed by atoms with Crippen molar-refractivity contribution in [2.75, 3.05) is 33.3 Å². The molecule has 0 saturated carbocycles. The molecular formula is C22H22FN3O3. The van der Waals surface area contributed by atoms with E-state index in [9.17, 15) is 14.0 Å². The van der Waals surface area contributed by atoms with E-state index in [1.54, 1.807) is 29.0 Å². The summed E-state index contributed by atoms with van der Waals surface area (Å²) in [5, 5.41) is 0.914. The third kappa shape index (κ3) is 4.08. The number of benzene rings is 2. The Hall–Kier alpha value is -3.35. The lowest BCUT2D eigenvalue weighted by atomic mass is 10.1. The first-order valence-electron chi connectivity index (χ1n) is 9.52. The molecule has 0 atom stereocenters. The van der Waals surface area contributed by atoms with E-state index in [-0.39, 0.29) is 24.1 Å². The minimum absolute atomic E-state index is 0.0552. The molecule has 1 fully saturated rings. The van der Waals surface area contributed by atoms with Gasteiger partial charge in [-0.3, -0.25) is 9.59 Å². The second kappa shape index (κ2) is 7.95. The Morgan fingerprint density at radius 2 is 1.79 bits per heavy atom. The van der Waals surface area contributed by atoms with Crippen molar-refractivity contribution >= 4 is 22.7 Å². The zero-order valence-corrected chi connectivity index (χ0v) is 16.2. The van der Waals surface area contributed by atoms with Gasteiger partial charge in [0.1, 0.15) is 17.3 Å². The van der Waals surface area contributed by atoms with Crippen molar-refractivity contribution in [1.82, 2.24) is 14.8 Å². The van der Waals surface area contributed by atoms with Crippen molar-refractivity contribution in [2.45, 2.75) is 6.42 Å². The molecule has 1 saturated heterocycles. The highest BCUT2D eigenvalue weighted by Crippen LogP contribution is 2.22. The summed E-state index contributed by atoms with van der Waals surface area (Å²) in [4.78, 5) is 32.0. The Labute approximate surface area is 167 Å². The molecule has 1 aromatic heterocycles. The second-order valence-corrected chi connectivity index (χ2v) is 7.12. The van der Waals surface area contributed by atoms with Gasteiger partial charge in [-0.2, -0.15) is 0 Å². The van der Waals surface area contributed by atoms with Crippen LogP contribution >= 0.6 is 0 Å². The van der Waals surface area contributed by atoms with Gasteiger partial charge in [0.25, 0.3) is 5.91 Å². The normalized spacial score (nSPS) is 14.3. The molecule has 1 aliphatic heterocycles. The number of methoxy groups -OCH3 is 1. The molecule has 1 N–H and O–H groups in total. The fourth-order valence-electron chi connectivity index (χ4n) is 3.62. The smallest absolute Gasteiger partial charge is 0.270 e. The summed E-state index contributed by atoms with van der Waals surface area (Å²) >= 11 is 0. The van der Waals surface area contributed by atoms with Crippen LogP contribution in [0, 0.1) is 5.82 Å². The maximum atomic E-state index is 13.3. The zero-order chi connectivity index (χ0) is 20.4. The Morgan fingerprint density at radius 3 is 2.52 bits per heavy atom. The van der Waals surface area contributed by atoms with Crippen LogP contribution in [0.1, 0.15) is 16.1 Å². The molecule has 2 amide bonds. The second-order valence-electron chi connectivity index (χ2n) is 7.12. The molecule has 0 radical (unpaired) electrons. The molecule has 6 nitrogen and oxygen atoms in total. The predicted molar refractivity (Wildman–Crippen MR) is 107 cm³/mol. The lowest BCUT2D eigenvalue weighted by Crippen LogP contribution is -2.51. The van der Waals surface area contributed by atoms with Crippen LogP contribution in [0.25, 0.3) is 10.9 Å². The number of hydrogen-bond donors (Lipinski definition) is 1. The van der Waals surface area contributed by atoms with Crippen LogP contribution in [-0.4, -0.2) is 59.9 Å². The van der Waals surface area contributed by atoms with E-state index in [2.05, 4.69) is 4.98 Å². The van der Waals surface area contributed by atoms with Crippen LogP contribution in [0.2, 0.25) is 0 Å². The van der Waals surface area contributed by atoms with E-state index in [0.29, 0.717) is 37.4 Å². The molecule has 7 heteroatoms. The monoisotopic (exact) mass is 395 g/mol. The van der Waals surface area contributed by atoms with E-state index in [1.807, 2.05) is 24.3 Å². The van der Waals surface area contributed by atoms with E-state index in [4.69, 9.17) is 4.74 Å². The molecule has 0 unspecified atom stereocenters. The van der Waals surface area contributed by atoms with Gasteiger partial charge in [-0.1, -0.05) is 12.1 Å². The Bertz CT molecular complexity index is 1050. The van der Waals surface area contributed by atoms with Gasteiger partial charge in [0.15, 0.2) is 0 Å². The summed E-state index contributed by atoms with van der Waals surface area (Å²) in [5.74, 6) is 0.250. The van der Waals surface area contributed by atoms with Gasteiger partial charge >= 0.3 is 0 Å². The number of rotatable bonds is 4. The number of amides is 2. The van der Waals surface area contributed by atoms with Gasteiger partial charge in [-0.25, -0.2) is 4.39 Å². The quantitative estimate of drug-likeness (QED) is 0.739. The first-order valence-corrected chi connectivity index (χ1v) is 9.52. The number of nitrogens with zero attached hydrogens (tertiary/aromatic N) is 2. The number of nitrogens with one attached hydrogen (secondary N) is 1. The third-order valence-electron chi connectivity index (χ3n) is 5.22. The highest BCUT2D eigenvalue weighted by Gasteiger charge is 2.25. The topological polar surface area (TPSA) is 65.6 Å². The van der Waals surface area contributed by atoms with Crippen LogP contribution in [0.3, 0.4) is 0 Å². The molecular weight excluding hydrogens is 373 g/mol. The van der Waals surface area contributed by atoms with Crippen molar-refractivity contribution < 1.29 is 18.7 Å². The van der Waals surface area contributed by atoms with E-state index < -0.39 is 0 Å². The van der Waals surface area contributed by atoms with Crippen LogP contribution in [0.5, 0.6) is 5.75 Å². The van der Waals surface area contributed by atoms with E-state index >= 15 is 0 Å². The number of carbonyl (C=O) groups is 2. The summed E-state index contributed by atoms with van der Waals surface area (Å²) in [6.45, 7) is 1.86. The lowest BCUT2D eigenvalue weighted by molar-refractivity contribution is -0.131. The molecule has 2 aromatic carbocycles. The molecule has 0 bridgehead atoms. The van der Waals surface area contributed by atoms with Gasteiger partial charge in [0, 0.05) is 37.1 Å². The predicted octanol–water partition coefficient (Wildman–Crippen LogP) is 2.84. The van der Waals surface area contributed by atoms with Crippen molar-refractivity contribution in [2.24, 2.45) is 0 Å². The average Bonchev–Trinajstić information content (AvgIpc) is 3.16. The van der Waals surface area contributed by atoms with Crippen molar-refractivity contribution in [3.05, 3.63) is 65.6 Å². The minimum Gasteiger partial charge on any atom is -0.497 e. The third-order valence-corrected chi connectivity index (χ3v) is 5.22. The lowest BCUT2D eigenvalue weighted by Gasteiger charge is -2.34. The molecule has 3 aromatic rings. The van der Waals surface area contributed by atoms with Crippen molar-refractivity contribution in [1.29, 1.82) is 0 Å². The number of hydrogen-bond acceptors (Lipinski definition) is 3. The first-order chi connectivity index (χ1) is 14.0. The fraction of sp³-hybridized carbons (Fsp3) is 0.273. The largest absolute Gasteiger partial charge is 0.497 e. The molecule has 0 spiro atoms. The Morgan fingerprint density at radius 1 is 1.03 bits per heavy atom. The number of piperazine rings is 1. The Kier molecular flexibility index (Phi) is 5.20. The number of fused-ring (bicyclic) bond motifs is 1. The van der Waals surface area contributed by atoms with E-state index in [1.165, 1.54) is 12.1 Å². The summed E-state index contributed by atoms with van der Waals surface area (Å²) in [6.07, 6.45) is 0.162. The SMILES string of the molecule is COc1ccc2[nH]c(C(=O)N3CCN(C(=O)Cc4cccc(F)c4)CC3)cc2c1. The number of carbonyl (C=O) groups excluding carboxylic acids is 2. The van der Waals surface area contributed by atoms with Crippen LogP contribution in [0.15, 0.2) is 48.5 Å². The highest BCUT2D eigenvalue weighted by atomic mass is 19.1. The molecule has 150 valence electrons. The number of aromatic amines is 1. The maximum absolute atomic E-state index is 13.3. The van der Waals surface area contributed by atoms with Gasteiger partial charge in [0.2, 0.25) is 5.91 Å². The zero-order valence-electron chi connectivity index (χ0n) is 16.2. The minimum atomic E-state index is -0.346. The fourth-order valence-corrected chi connectivity index (χ4v) is 3.62. The molecule has 2 heterocycles. The van der Waals surface area contributed by atoms with Gasteiger partial charge in [0.05, 0.1) is 13.5 Å². The van der Waals surface area contributed by atoms with Crippen molar-refractivity contribution in [3.8, 4) is 5.75 Å². The number of ether oxygens (including phenoxy) is 1.